The van der Waals surface area contributed by atoms with Crippen molar-refractivity contribution in [3.05, 3.63) is 40.2 Å². The lowest BCUT2D eigenvalue weighted by Crippen LogP contribution is -2.46. The number of carbonyl (C=O) groups excluding carboxylic acids is 1. The van der Waals surface area contributed by atoms with Gasteiger partial charge in [-0.05, 0) is 37.8 Å². The van der Waals surface area contributed by atoms with Crippen LogP contribution in [0.2, 0.25) is 0 Å². The topological polar surface area (TPSA) is 92.1 Å². The molecule has 1 aliphatic heterocycles. The third-order valence-corrected chi connectivity index (χ3v) is 4.37. The molecule has 1 aromatic heterocycles. The second-order valence-corrected chi connectivity index (χ2v) is 5.96. The third-order valence-electron chi connectivity index (χ3n) is 4.37. The summed E-state index contributed by atoms with van der Waals surface area (Å²) in [6.45, 7) is 3.19. The molecule has 22 heavy (non-hydrogen) atoms. The van der Waals surface area contributed by atoms with E-state index in [1.54, 1.807) is 23.1 Å². The molecule has 0 unspecified atom stereocenters. The first-order chi connectivity index (χ1) is 10.6. The largest absolute Gasteiger partial charge is 0.337 e. The fourth-order valence-electron chi connectivity index (χ4n) is 2.99. The van der Waals surface area contributed by atoms with Crippen molar-refractivity contribution in [1.82, 2.24) is 15.1 Å². The number of H-pyrrole nitrogens is 1. The van der Waals surface area contributed by atoms with E-state index in [1.807, 2.05) is 13.0 Å². The predicted molar refractivity (Wildman–Crippen MR) is 84.6 cm³/mol. The van der Waals surface area contributed by atoms with E-state index in [0.29, 0.717) is 24.0 Å². The van der Waals surface area contributed by atoms with Crippen LogP contribution in [0, 0.1) is 5.92 Å². The summed E-state index contributed by atoms with van der Waals surface area (Å²) in [7, 11) is 0. The van der Waals surface area contributed by atoms with Gasteiger partial charge in [0, 0.05) is 24.5 Å². The van der Waals surface area contributed by atoms with Crippen molar-refractivity contribution in [2.45, 2.75) is 25.8 Å². The second-order valence-electron chi connectivity index (χ2n) is 5.96. The number of nitrogens with one attached hydrogen (secondary N) is 1. The van der Waals surface area contributed by atoms with Crippen LogP contribution < -0.4 is 11.2 Å². The molecule has 6 heteroatoms. The first-order valence-electron chi connectivity index (χ1n) is 7.60. The van der Waals surface area contributed by atoms with Gasteiger partial charge in [-0.15, -0.1) is 0 Å². The van der Waals surface area contributed by atoms with Gasteiger partial charge in [0.2, 0.25) is 5.43 Å². The molecule has 0 saturated carbocycles. The van der Waals surface area contributed by atoms with E-state index in [9.17, 15) is 9.59 Å². The Morgan fingerprint density at radius 1 is 1.45 bits per heavy atom. The van der Waals surface area contributed by atoms with Gasteiger partial charge in [-0.1, -0.05) is 12.1 Å². The lowest BCUT2D eigenvalue weighted by atomic mass is 9.92. The Bertz CT molecular complexity index is 753. The molecule has 116 valence electrons. The first kappa shape index (κ1) is 14.7. The number of benzene rings is 1. The number of likely N-dealkylation sites (tertiary alicyclic amines) is 1. The zero-order chi connectivity index (χ0) is 15.7. The van der Waals surface area contributed by atoms with Crippen molar-refractivity contribution in [3.63, 3.8) is 0 Å². The maximum atomic E-state index is 12.6. The number of hydrogen-bond donors (Lipinski definition) is 2. The molecule has 0 bridgehead atoms. The molecule has 0 aliphatic carbocycles. The molecule has 0 radical (unpaired) electrons. The summed E-state index contributed by atoms with van der Waals surface area (Å²) in [5.74, 6) is -0.0328. The Labute approximate surface area is 128 Å². The Kier molecular flexibility index (Phi) is 3.94. The van der Waals surface area contributed by atoms with Gasteiger partial charge in [-0.25, -0.2) is 0 Å². The van der Waals surface area contributed by atoms with E-state index >= 15 is 0 Å². The van der Waals surface area contributed by atoms with Crippen LogP contribution in [0.25, 0.3) is 10.9 Å². The lowest BCUT2D eigenvalue weighted by Gasteiger charge is -2.34. The fourth-order valence-corrected chi connectivity index (χ4v) is 2.99. The van der Waals surface area contributed by atoms with E-state index in [1.165, 1.54) is 0 Å². The molecule has 2 aromatic rings. The molecule has 1 aromatic carbocycles. The Morgan fingerprint density at radius 3 is 3.00 bits per heavy atom. The van der Waals surface area contributed by atoms with Crippen molar-refractivity contribution in [2.75, 3.05) is 13.1 Å². The molecular weight excluding hydrogens is 280 g/mol. The SMILES string of the molecule is C[C@@H](N)[C@@H]1CCCN(C(=O)c2n[nH]c3ccccc3c2=O)C1. The van der Waals surface area contributed by atoms with Crippen LogP contribution in [-0.2, 0) is 0 Å². The molecule has 1 amide bonds. The summed E-state index contributed by atoms with van der Waals surface area (Å²) in [4.78, 5) is 26.8. The van der Waals surface area contributed by atoms with Crippen molar-refractivity contribution in [2.24, 2.45) is 11.7 Å². The van der Waals surface area contributed by atoms with Gasteiger partial charge in [0.1, 0.15) is 0 Å². The number of fused-ring (bicyclic) bond motifs is 1. The highest BCUT2D eigenvalue weighted by atomic mass is 16.2. The smallest absolute Gasteiger partial charge is 0.278 e. The monoisotopic (exact) mass is 300 g/mol. The lowest BCUT2D eigenvalue weighted by molar-refractivity contribution is 0.0652. The van der Waals surface area contributed by atoms with E-state index in [-0.39, 0.29) is 29.0 Å². The number of piperidine rings is 1. The Hall–Kier alpha value is -2.21. The average molecular weight is 300 g/mol. The summed E-state index contributed by atoms with van der Waals surface area (Å²) in [5.41, 5.74) is 6.23. The number of nitrogens with two attached hydrogens (primary N) is 1. The van der Waals surface area contributed by atoms with Gasteiger partial charge >= 0.3 is 0 Å². The molecule has 6 nitrogen and oxygen atoms in total. The molecular formula is C16H20N4O2. The average Bonchev–Trinajstić information content (AvgIpc) is 2.55. The molecule has 3 rings (SSSR count). The minimum atomic E-state index is -0.317. The van der Waals surface area contributed by atoms with Gasteiger partial charge < -0.3 is 10.6 Å². The molecule has 1 saturated heterocycles. The molecule has 3 N–H and O–H groups in total. The van der Waals surface area contributed by atoms with E-state index in [4.69, 9.17) is 5.73 Å². The summed E-state index contributed by atoms with van der Waals surface area (Å²) in [6.07, 6.45) is 1.92. The van der Waals surface area contributed by atoms with E-state index in [2.05, 4.69) is 10.2 Å². The highest BCUT2D eigenvalue weighted by Gasteiger charge is 2.28. The number of amides is 1. The minimum absolute atomic E-state index is 0.0379. The van der Waals surface area contributed by atoms with Crippen LogP contribution in [0.3, 0.4) is 0 Å². The van der Waals surface area contributed by atoms with Crippen molar-refractivity contribution >= 4 is 16.8 Å². The number of para-hydroxylation sites is 1. The molecule has 2 atom stereocenters. The quantitative estimate of drug-likeness (QED) is 0.869. The molecule has 1 fully saturated rings. The maximum Gasteiger partial charge on any atom is 0.278 e. The van der Waals surface area contributed by atoms with Crippen LogP contribution in [0.15, 0.2) is 29.1 Å². The van der Waals surface area contributed by atoms with Crippen molar-refractivity contribution < 1.29 is 4.79 Å². The third kappa shape index (κ3) is 2.62. The summed E-state index contributed by atoms with van der Waals surface area (Å²) >= 11 is 0. The summed E-state index contributed by atoms with van der Waals surface area (Å²) in [5, 5.41) is 7.27. The molecule has 1 aliphatic rings. The molecule has 0 spiro atoms. The van der Waals surface area contributed by atoms with E-state index in [0.717, 1.165) is 12.8 Å². The highest BCUT2D eigenvalue weighted by molar-refractivity contribution is 5.95. The highest BCUT2D eigenvalue weighted by Crippen LogP contribution is 2.19. The van der Waals surface area contributed by atoms with Crippen molar-refractivity contribution in [3.8, 4) is 0 Å². The number of hydrogen-bond acceptors (Lipinski definition) is 4. The Morgan fingerprint density at radius 2 is 2.23 bits per heavy atom. The minimum Gasteiger partial charge on any atom is -0.337 e. The van der Waals surface area contributed by atoms with Gasteiger partial charge in [0.15, 0.2) is 5.69 Å². The standard InChI is InChI=1S/C16H20N4O2/c1-10(17)11-5-4-8-20(9-11)16(22)14-15(21)12-6-2-3-7-13(12)18-19-14/h2-3,6-7,10-11H,4-5,8-9,17H2,1H3,(H,18,21)/t10-,11-/m1/s1. The van der Waals surface area contributed by atoms with Gasteiger partial charge in [-0.3, -0.25) is 14.7 Å². The summed E-state index contributed by atoms with van der Waals surface area (Å²) in [6, 6.07) is 7.11. The number of aromatic amines is 1. The van der Waals surface area contributed by atoms with E-state index < -0.39 is 0 Å². The summed E-state index contributed by atoms with van der Waals surface area (Å²) < 4.78 is 0. The zero-order valence-corrected chi connectivity index (χ0v) is 12.6. The second kappa shape index (κ2) is 5.88. The van der Waals surface area contributed by atoms with Gasteiger partial charge in [0.25, 0.3) is 5.91 Å². The molecule has 2 heterocycles. The first-order valence-corrected chi connectivity index (χ1v) is 7.60. The Balaban J connectivity index is 1.92. The number of aromatic nitrogens is 2. The van der Waals surface area contributed by atoms with Gasteiger partial charge in [0.05, 0.1) is 5.52 Å². The van der Waals surface area contributed by atoms with Crippen LogP contribution in [0.1, 0.15) is 30.3 Å². The van der Waals surface area contributed by atoms with Crippen LogP contribution in [0.4, 0.5) is 0 Å². The zero-order valence-electron chi connectivity index (χ0n) is 12.6. The normalized spacial score (nSPS) is 20.1. The number of nitrogens with zero attached hydrogens (tertiary/aromatic N) is 2. The number of rotatable bonds is 2. The maximum absolute atomic E-state index is 12.6. The van der Waals surface area contributed by atoms with Gasteiger partial charge in [-0.2, -0.15) is 5.10 Å². The number of carbonyl (C=O) groups is 1. The van der Waals surface area contributed by atoms with Crippen LogP contribution in [0.5, 0.6) is 0 Å². The van der Waals surface area contributed by atoms with Crippen molar-refractivity contribution in [1.29, 1.82) is 0 Å². The van der Waals surface area contributed by atoms with Crippen LogP contribution >= 0.6 is 0 Å². The predicted octanol–water partition coefficient (Wildman–Crippen LogP) is 1.12. The van der Waals surface area contributed by atoms with Crippen LogP contribution in [-0.4, -0.2) is 40.1 Å². The fraction of sp³-hybridized carbons (Fsp3) is 0.438.